The van der Waals surface area contributed by atoms with E-state index in [4.69, 9.17) is 0 Å². The molecule has 2 atom stereocenters. The van der Waals surface area contributed by atoms with E-state index in [2.05, 4.69) is 38.2 Å². The first-order valence-electron chi connectivity index (χ1n) is 6.48. The smallest absolute Gasteiger partial charge is 0.230 e. The van der Waals surface area contributed by atoms with Gasteiger partial charge in [-0.3, -0.25) is 4.79 Å². The summed E-state index contributed by atoms with van der Waals surface area (Å²) >= 11 is 1.77. The van der Waals surface area contributed by atoms with Crippen LogP contribution >= 0.6 is 11.3 Å². The molecule has 1 amide bonds. The highest BCUT2D eigenvalue weighted by molar-refractivity contribution is 7.12. The Labute approximate surface area is 113 Å². The molecule has 100 valence electrons. The van der Waals surface area contributed by atoms with Crippen molar-refractivity contribution in [2.45, 2.75) is 33.2 Å². The molecule has 0 bridgehead atoms. The maximum Gasteiger partial charge on any atom is 0.230 e. The fourth-order valence-electron chi connectivity index (χ4n) is 2.47. The SMILES string of the molecule is Cc1ccc(C(C)N(C)C(=O)C2(C)CCNC2)s1. The predicted molar refractivity (Wildman–Crippen MR) is 75.8 cm³/mol. The molecule has 2 rings (SSSR count). The Balaban J connectivity index is 2.11. The van der Waals surface area contributed by atoms with Crippen LogP contribution in [-0.2, 0) is 4.79 Å². The standard InChI is InChI=1S/C14H22N2OS/c1-10-5-6-12(18-10)11(2)16(4)13(17)14(3)7-8-15-9-14/h5-6,11,15H,7-9H2,1-4H3. The summed E-state index contributed by atoms with van der Waals surface area (Å²) in [6, 6.07) is 4.41. The lowest BCUT2D eigenvalue weighted by Crippen LogP contribution is -2.42. The van der Waals surface area contributed by atoms with Gasteiger partial charge in [-0.15, -0.1) is 11.3 Å². The summed E-state index contributed by atoms with van der Waals surface area (Å²) in [5, 5.41) is 3.29. The fourth-order valence-corrected chi connectivity index (χ4v) is 3.44. The van der Waals surface area contributed by atoms with Crippen LogP contribution in [0.2, 0.25) is 0 Å². The van der Waals surface area contributed by atoms with Gasteiger partial charge in [0.1, 0.15) is 0 Å². The number of nitrogens with one attached hydrogen (secondary N) is 1. The Morgan fingerprint density at radius 2 is 2.28 bits per heavy atom. The summed E-state index contributed by atoms with van der Waals surface area (Å²) < 4.78 is 0. The quantitative estimate of drug-likeness (QED) is 0.912. The molecule has 18 heavy (non-hydrogen) atoms. The zero-order valence-corrected chi connectivity index (χ0v) is 12.4. The third kappa shape index (κ3) is 2.45. The van der Waals surface area contributed by atoms with Gasteiger partial charge in [0.25, 0.3) is 0 Å². The van der Waals surface area contributed by atoms with Crippen LogP contribution in [0.3, 0.4) is 0 Å². The van der Waals surface area contributed by atoms with Crippen molar-refractivity contribution in [3.05, 3.63) is 21.9 Å². The Kier molecular flexibility index (Phi) is 3.78. The van der Waals surface area contributed by atoms with E-state index in [0.717, 1.165) is 19.5 Å². The number of hydrogen-bond donors (Lipinski definition) is 1. The monoisotopic (exact) mass is 266 g/mol. The molecule has 1 aliphatic heterocycles. The average molecular weight is 266 g/mol. The van der Waals surface area contributed by atoms with Gasteiger partial charge in [0.15, 0.2) is 0 Å². The molecule has 0 spiro atoms. The largest absolute Gasteiger partial charge is 0.338 e. The van der Waals surface area contributed by atoms with Crippen LogP contribution < -0.4 is 5.32 Å². The molecular weight excluding hydrogens is 244 g/mol. The van der Waals surface area contributed by atoms with E-state index < -0.39 is 0 Å². The predicted octanol–water partition coefficient (Wildman–Crippen LogP) is 2.58. The minimum absolute atomic E-state index is 0.161. The first kappa shape index (κ1) is 13.6. The number of amides is 1. The molecule has 1 aromatic rings. The highest BCUT2D eigenvalue weighted by Gasteiger charge is 2.39. The second-order valence-electron chi connectivity index (χ2n) is 5.53. The van der Waals surface area contributed by atoms with Crippen molar-refractivity contribution < 1.29 is 4.79 Å². The lowest BCUT2D eigenvalue weighted by Gasteiger charge is -2.32. The molecular formula is C14H22N2OS. The fraction of sp³-hybridized carbons (Fsp3) is 0.643. The minimum Gasteiger partial charge on any atom is -0.338 e. The third-order valence-corrected chi connectivity index (χ3v) is 5.13. The number of rotatable bonds is 3. The molecule has 1 N–H and O–H groups in total. The Hall–Kier alpha value is -0.870. The molecule has 1 fully saturated rings. The van der Waals surface area contributed by atoms with Gasteiger partial charge in [-0.2, -0.15) is 0 Å². The van der Waals surface area contributed by atoms with E-state index >= 15 is 0 Å². The maximum absolute atomic E-state index is 12.6. The van der Waals surface area contributed by atoms with Crippen LogP contribution in [0.5, 0.6) is 0 Å². The molecule has 3 nitrogen and oxygen atoms in total. The van der Waals surface area contributed by atoms with Crippen molar-refractivity contribution in [2.24, 2.45) is 5.41 Å². The highest BCUT2D eigenvalue weighted by atomic mass is 32.1. The lowest BCUT2D eigenvalue weighted by atomic mass is 9.88. The van der Waals surface area contributed by atoms with E-state index in [1.54, 1.807) is 11.3 Å². The van der Waals surface area contributed by atoms with Gasteiger partial charge in [0.05, 0.1) is 11.5 Å². The lowest BCUT2D eigenvalue weighted by molar-refractivity contribution is -0.140. The van der Waals surface area contributed by atoms with Crippen LogP contribution in [0, 0.1) is 12.3 Å². The van der Waals surface area contributed by atoms with Crippen LogP contribution in [0.1, 0.15) is 36.1 Å². The molecule has 1 aromatic heterocycles. The van der Waals surface area contributed by atoms with Gasteiger partial charge in [0, 0.05) is 23.3 Å². The van der Waals surface area contributed by atoms with E-state index in [9.17, 15) is 4.79 Å². The van der Waals surface area contributed by atoms with E-state index in [1.165, 1.54) is 9.75 Å². The highest BCUT2D eigenvalue weighted by Crippen LogP contribution is 2.32. The number of hydrogen-bond acceptors (Lipinski definition) is 3. The molecule has 1 aliphatic rings. The minimum atomic E-state index is -0.227. The summed E-state index contributed by atoms with van der Waals surface area (Å²) in [5.74, 6) is 0.256. The van der Waals surface area contributed by atoms with Gasteiger partial charge in [-0.05, 0) is 45.9 Å². The number of thiophene rings is 1. The van der Waals surface area contributed by atoms with Crippen molar-refractivity contribution in [1.29, 1.82) is 0 Å². The molecule has 4 heteroatoms. The van der Waals surface area contributed by atoms with E-state index in [-0.39, 0.29) is 17.4 Å². The average Bonchev–Trinajstić information content (AvgIpc) is 2.96. The van der Waals surface area contributed by atoms with Crippen molar-refractivity contribution in [1.82, 2.24) is 10.2 Å². The Bertz CT molecular complexity index is 435. The molecule has 0 radical (unpaired) electrons. The maximum atomic E-state index is 12.6. The first-order valence-corrected chi connectivity index (χ1v) is 7.30. The van der Waals surface area contributed by atoms with Crippen molar-refractivity contribution in [3.63, 3.8) is 0 Å². The summed E-state index contributed by atoms with van der Waals surface area (Å²) in [4.78, 5) is 17.0. The van der Waals surface area contributed by atoms with Crippen LogP contribution in [0.25, 0.3) is 0 Å². The van der Waals surface area contributed by atoms with Gasteiger partial charge in [-0.1, -0.05) is 0 Å². The van der Waals surface area contributed by atoms with Gasteiger partial charge in [0.2, 0.25) is 5.91 Å². The molecule has 0 aromatic carbocycles. The van der Waals surface area contributed by atoms with Crippen molar-refractivity contribution in [3.8, 4) is 0 Å². The van der Waals surface area contributed by atoms with Crippen LogP contribution in [0.15, 0.2) is 12.1 Å². The normalized spacial score (nSPS) is 25.1. The summed E-state index contributed by atoms with van der Waals surface area (Å²) in [7, 11) is 1.92. The topological polar surface area (TPSA) is 32.3 Å². The zero-order chi connectivity index (χ0) is 13.3. The van der Waals surface area contributed by atoms with Gasteiger partial charge < -0.3 is 10.2 Å². The van der Waals surface area contributed by atoms with Gasteiger partial charge in [-0.25, -0.2) is 0 Å². The Morgan fingerprint density at radius 3 is 2.78 bits per heavy atom. The second-order valence-corrected chi connectivity index (χ2v) is 6.85. The molecule has 2 unspecified atom stereocenters. The first-order chi connectivity index (χ1) is 8.44. The molecule has 2 heterocycles. The second kappa shape index (κ2) is 5.02. The molecule has 0 aliphatic carbocycles. The van der Waals surface area contributed by atoms with E-state index in [0.29, 0.717) is 0 Å². The van der Waals surface area contributed by atoms with Gasteiger partial charge >= 0.3 is 0 Å². The van der Waals surface area contributed by atoms with Crippen LogP contribution in [-0.4, -0.2) is 30.9 Å². The molecule has 1 saturated heterocycles. The number of aryl methyl sites for hydroxylation is 1. The zero-order valence-electron chi connectivity index (χ0n) is 11.6. The van der Waals surface area contributed by atoms with Crippen LogP contribution in [0.4, 0.5) is 0 Å². The number of carbonyl (C=O) groups is 1. The number of nitrogens with zero attached hydrogens (tertiary/aromatic N) is 1. The van der Waals surface area contributed by atoms with E-state index in [1.807, 2.05) is 11.9 Å². The Morgan fingerprint density at radius 1 is 1.56 bits per heavy atom. The summed E-state index contributed by atoms with van der Waals surface area (Å²) in [6.07, 6.45) is 0.937. The summed E-state index contributed by atoms with van der Waals surface area (Å²) in [5.41, 5.74) is -0.227. The van der Waals surface area contributed by atoms with Crippen molar-refractivity contribution in [2.75, 3.05) is 20.1 Å². The summed E-state index contributed by atoms with van der Waals surface area (Å²) in [6.45, 7) is 8.02. The number of carbonyl (C=O) groups excluding carboxylic acids is 1. The molecule has 0 saturated carbocycles. The third-order valence-electron chi connectivity index (χ3n) is 3.96. The van der Waals surface area contributed by atoms with Crippen molar-refractivity contribution >= 4 is 17.2 Å².